The molecule has 0 aromatic heterocycles. The SMILES string of the molecule is O=C(O)c1cc(Cl)ccc1NC(=S)Nc1cccc(Cl)c1. The zero-order valence-electron chi connectivity index (χ0n) is 10.6. The third-order valence-electron chi connectivity index (χ3n) is 2.54. The van der Waals surface area contributed by atoms with Crippen molar-refractivity contribution in [3.8, 4) is 0 Å². The van der Waals surface area contributed by atoms with E-state index in [9.17, 15) is 4.79 Å². The molecule has 0 aliphatic rings. The number of benzene rings is 2. The fourth-order valence-electron chi connectivity index (χ4n) is 1.65. The third kappa shape index (κ3) is 4.32. The van der Waals surface area contributed by atoms with E-state index < -0.39 is 5.97 Å². The van der Waals surface area contributed by atoms with Crippen LogP contribution >= 0.6 is 35.4 Å². The number of nitrogens with one attached hydrogen (secondary N) is 2. The number of rotatable bonds is 3. The van der Waals surface area contributed by atoms with E-state index in [1.54, 1.807) is 36.4 Å². The zero-order chi connectivity index (χ0) is 15.4. The Morgan fingerprint density at radius 2 is 1.76 bits per heavy atom. The number of halogens is 2. The minimum absolute atomic E-state index is 0.0396. The lowest BCUT2D eigenvalue weighted by Crippen LogP contribution is -2.20. The summed E-state index contributed by atoms with van der Waals surface area (Å²) in [5, 5.41) is 16.1. The van der Waals surface area contributed by atoms with Crippen molar-refractivity contribution in [1.29, 1.82) is 0 Å². The predicted molar refractivity (Wildman–Crippen MR) is 89.7 cm³/mol. The summed E-state index contributed by atoms with van der Waals surface area (Å²) in [5.74, 6) is -1.09. The first kappa shape index (κ1) is 15.6. The van der Waals surface area contributed by atoms with Gasteiger partial charge in [-0.05, 0) is 48.6 Å². The summed E-state index contributed by atoms with van der Waals surface area (Å²) < 4.78 is 0. The van der Waals surface area contributed by atoms with Crippen molar-refractivity contribution in [2.45, 2.75) is 0 Å². The number of carboxylic acids is 1. The van der Waals surface area contributed by atoms with E-state index in [1.807, 2.05) is 0 Å². The maximum Gasteiger partial charge on any atom is 0.337 e. The molecule has 0 unspecified atom stereocenters. The quantitative estimate of drug-likeness (QED) is 0.718. The van der Waals surface area contributed by atoms with Gasteiger partial charge in [-0.2, -0.15) is 0 Å². The van der Waals surface area contributed by atoms with Gasteiger partial charge in [0.1, 0.15) is 0 Å². The molecule has 4 nitrogen and oxygen atoms in total. The molecule has 0 fully saturated rings. The topological polar surface area (TPSA) is 61.4 Å². The first-order chi connectivity index (χ1) is 9.95. The number of anilines is 2. The largest absolute Gasteiger partial charge is 0.478 e. The molecule has 21 heavy (non-hydrogen) atoms. The summed E-state index contributed by atoms with van der Waals surface area (Å²) in [6.07, 6.45) is 0. The molecule has 0 atom stereocenters. The Kier molecular flexibility index (Phi) is 5.01. The summed E-state index contributed by atoms with van der Waals surface area (Å²) in [6, 6.07) is 11.5. The smallest absolute Gasteiger partial charge is 0.337 e. The van der Waals surface area contributed by atoms with Gasteiger partial charge in [-0.1, -0.05) is 29.3 Å². The van der Waals surface area contributed by atoms with Crippen molar-refractivity contribution in [3.05, 3.63) is 58.1 Å². The summed E-state index contributed by atoms with van der Waals surface area (Å²) in [7, 11) is 0. The monoisotopic (exact) mass is 340 g/mol. The average molecular weight is 341 g/mol. The normalized spacial score (nSPS) is 10.0. The van der Waals surface area contributed by atoms with Crippen molar-refractivity contribution in [1.82, 2.24) is 0 Å². The fourth-order valence-corrected chi connectivity index (χ4v) is 2.24. The molecule has 0 heterocycles. The number of hydrogen-bond acceptors (Lipinski definition) is 2. The Balaban J connectivity index is 2.15. The molecule has 7 heteroatoms. The van der Waals surface area contributed by atoms with Gasteiger partial charge in [0.2, 0.25) is 0 Å². The fraction of sp³-hybridized carbons (Fsp3) is 0. The van der Waals surface area contributed by atoms with Crippen molar-refractivity contribution in [2.24, 2.45) is 0 Å². The Hall–Kier alpha value is -1.82. The molecule has 3 N–H and O–H groups in total. The van der Waals surface area contributed by atoms with E-state index in [4.69, 9.17) is 40.5 Å². The number of carbonyl (C=O) groups is 1. The molecule has 0 aliphatic heterocycles. The van der Waals surface area contributed by atoms with Crippen LogP contribution in [-0.2, 0) is 0 Å². The van der Waals surface area contributed by atoms with Crippen LogP contribution in [0.15, 0.2) is 42.5 Å². The van der Waals surface area contributed by atoms with Crippen LogP contribution < -0.4 is 10.6 Å². The highest BCUT2D eigenvalue weighted by Gasteiger charge is 2.11. The summed E-state index contributed by atoms with van der Waals surface area (Å²) in [5.41, 5.74) is 1.09. The number of carboxylic acid groups (broad SMARTS) is 1. The highest BCUT2D eigenvalue weighted by Crippen LogP contribution is 2.21. The van der Waals surface area contributed by atoms with Gasteiger partial charge in [-0.15, -0.1) is 0 Å². The molecule has 0 saturated heterocycles. The van der Waals surface area contributed by atoms with Gasteiger partial charge in [0, 0.05) is 15.7 Å². The second-order valence-corrected chi connectivity index (χ2v) is 5.37. The van der Waals surface area contributed by atoms with Gasteiger partial charge in [-0.3, -0.25) is 0 Å². The summed E-state index contributed by atoms with van der Waals surface area (Å²) >= 11 is 16.8. The first-order valence-electron chi connectivity index (χ1n) is 5.82. The molecular formula is C14H10Cl2N2O2S. The van der Waals surface area contributed by atoms with Crippen molar-refractivity contribution in [3.63, 3.8) is 0 Å². The zero-order valence-corrected chi connectivity index (χ0v) is 12.9. The maximum absolute atomic E-state index is 11.2. The predicted octanol–water partition coefficient (Wildman–Crippen LogP) is 4.50. The number of thiocarbonyl (C=S) groups is 1. The maximum atomic E-state index is 11.2. The molecule has 0 radical (unpaired) electrons. The van der Waals surface area contributed by atoms with Crippen molar-refractivity contribution in [2.75, 3.05) is 10.6 Å². The molecule has 0 saturated carbocycles. The number of aromatic carboxylic acids is 1. The molecule has 2 aromatic rings. The standard InChI is InChI=1S/C14H10Cl2N2O2S/c15-8-2-1-3-10(6-8)17-14(21)18-12-5-4-9(16)7-11(12)13(19)20/h1-7H,(H,19,20)(H2,17,18,21). The Morgan fingerprint density at radius 3 is 2.43 bits per heavy atom. The molecule has 0 spiro atoms. The van der Waals surface area contributed by atoms with Gasteiger partial charge in [0.25, 0.3) is 0 Å². The van der Waals surface area contributed by atoms with Gasteiger partial charge in [0.15, 0.2) is 5.11 Å². The van der Waals surface area contributed by atoms with E-state index in [1.165, 1.54) is 6.07 Å². The van der Waals surface area contributed by atoms with Crippen LogP contribution in [0.2, 0.25) is 10.0 Å². The molecule has 108 valence electrons. The lowest BCUT2D eigenvalue weighted by atomic mass is 10.2. The minimum atomic E-state index is -1.09. The van der Waals surface area contributed by atoms with Crippen LogP contribution in [0.1, 0.15) is 10.4 Å². The van der Waals surface area contributed by atoms with Crippen LogP contribution in [0.5, 0.6) is 0 Å². The van der Waals surface area contributed by atoms with E-state index in [0.717, 1.165) is 0 Å². The second-order valence-electron chi connectivity index (χ2n) is 4.08. The Labute approximate surface area is 136 Å². The van der Waals surface area contributed by atoms with Crippen molar-refractivity contribution >= 4 is 57.9 Å². The summed E-state index contributed by atoms with van der Waals surface area (Å²) in [6.45, 7) is 0. The van der Waals surface area contributed by atoms with Crippen LogP contribution in [0, 0.1) is 0 Å². The highest BCUT2D eigenvalue weighted by atomic mass is 35.5. The van der Waals surface area contributed by atoms with E-state index in [-0.39, 0.29) is 10.7 Å². The highest BCUT2D eigenvalue weighted by molar-refractivity contribution is 7.80. The third-order valence-corrected chi connectivity index (χ3v) is 3.22. The van der Waals surface area contributed by atoms with E-state index in [2.05, 4.69) is 10.6 Å². The van der Waals surface area contributed by atoms with Crippen LogP contribution in [0.4, 0.5) is 11.4 Å². The molecule has 2 rings (SSSR count). The first-order valence-corrected chi connectivity index (χ1v) is 6.98. The van der Waals surface area contributed by atoms with Crippen molar-refractivity contribution < 1.29 is 9.90 Å². The summed E-state index contributed by atoms with van der Waals surface area (Å²) in [4.78, 5) is 11.2. The van der Waals surface area contributed by atoms with Gasteiger partial charge in [0.05, 0.1) is 11.3 Å². The molecule has 0 bridgehead atoms. The Bertz CT molecular complexity index is 707. The van der Waals surface area contributed by atoms with Crippen LogP contribution in [0.25, 0.3) is 0 Å². The van der Waals surface area contributed by atoms with E-state index in [0.29, 0.717) is 21.4 Å². The minimum Gasteiger partial charge on any atom is -0.478 e. The van der Waals surface area contributed by atoms with Gasteiger partial charge in [-0.25, -0.2) is 4.79 Å². The molecule has 0 aliphatic carbocycles. The molecule has 2 aromatic carbocycles. The van der Waals surface area contributed by atoms with Gasteiger partial charge >= 0.3 is 5.97 Å². The molecular weight excluding hydrogens is 331 g/mol. The lowest BCUT2D eigenvalue weighted by Gasteiger charge is -2.13. The lowest BCUT2D eigenvalue weighted by molar-refractivity contribution is 0.0698. The number of hydrogen-bond donors (Lipinski definition) is 3. The average Bonchev–Trinajstić information content (AvgIpc) is 2.40. The van der Waals surface area contributed by atoms with Crippen LogP contribution in [0.3, 0.4) is 0 Å². The Morgan fingerprint density at radius 1 is 1.05 bits per heavy atom. The van der Waals surface area contributed by atoms with Crippen LogP contribution in [-0.4, -0.2) is 16.2 Å². The second kappa shape index (κ2) is 6.76. The van der Waals surface area contributed by atoms with E-state index >= 15 is 0 Å². The van der Waals surface area contributed by atoms with Gasteiger partial charge < -0.3 is 15.7 Å². The molecule has 0 amide bonds.